The van der Waals surface area contributed by atoms with Crippen LogP contribution in [0.25, 0.3) is 0 Å². The highest BCUT2D eigenvalue weighted by Crippen LogP contribution is 2.34. The maximum absolute atomic E-state index is 11.9. The van der Waals surface area contributed by atoms with Gasteiger partial charge < -0.3 is 5.32 Å². The van der Waals surface area contributed by atoms with Gasteiger partial charge in [-0.2, -0.15) is 0 Å². The van der Waals surface area contributed by atoms with Crippen LogP contribution in [0, 0.1) is 0 Å². The summed E-state index contributed by atoms with van der Waals surface area (Å²) in [5.41, 5.74) is 0.936. The molecule has 0 spiro atoms. The number of hydrogen-bond acceptors (Lipinski definition) is 4. The molecule has 1 aromatic carbocycles. The van der Waals surface area contributed by atoms with Crippen molar-refractivity contribution in [1.29, 1.82) is 0 Å². The Bertz CT molecular complexity index is 616. The van der Waals surface area contributed by atoms with E-state index in [-0.39, 0.29) is 11.1 Å². The molecule has 0 radical (unpaired) electrons. The summed E-state index contributed by atoms with van der Waals surface area (Å²) in [6, 6.07) is 10.4. The van der Waals surface area contributed by atoms with Crippen LogP contribution in [0.3, 0.4) is 0 Å². The molecule has 2 saturated heterocycles. The molecule has 2 aliphatic rings. The third-order valence-electron chi connectivity index (χ3n) is 5.06. The molecule has 2 unspecified atom stereocenters. The minimum atomic E-state index is -2.87. The van der Waals surface area contributed by atoms with Gasteiger partial charge in [-0.05, 0) is 25.8 Å². The van der Waals surface area contributed by atoms with Gasteiger partial charge in [0, 0.05) is 25.2 Å². The van der Waals surface area contributed by atoms with Gasteiger partial charge in [-0.15, -0.1) is 0 Å². The van der Waals surface area contributed by atoms with E-state index in [2.05, 4.69) is 48.3 Å². The van der Waals surface area contributed by atoms with Crippen molar-refractivity contribution in [3.8, 4) is 0 Å². The Hall–Kier alpha value is -0.910. The molecular formula is C16H24N2O2S. The molecule has 0 saturated carbocycles. The van der Waals surface area contributed by atoms with Crippen LogP contribution in [0.15, 0.2) is 30.3 Å². The van der Waals surface area contributed by atoms with Crippen LogP contribution in [-0.2, 0) is 15.4 Å². The molecular weight excluding hydrogens is 284 g/mol. The van der Waals surface area contributed by atoms with Crippen molar-refractivity contribution in [2.45, 2.75) is 31.3 Å². The minimum absolute atomic E-state index is 0.116. The van der Waals surface area contributed by atoms with Gasteiger partial charge in [-0.1, -0.05) is 30.3 Å². The molecule has 0 amide bonds. The Morgan fingerprint density at radius 3 is 2.52 bits per heavy atom. The van der Waals surface area contributed by atoms with Gasteiger partial charge in [0.05, 0.1) is 17.0 Å². The van der Waals surface area contributed by atoms with E-state index in [4.69, 9.17) is 0 Å². The van der Waals surface area contributed by atoms with Crippen molar-refractivity contribution in [3.05, 3.63) is 35.9 Å². The average molecular weight is 308 g/mol. The Balaban J connectivity index is 1.84. The van der Waals surface area contributed by atoms with Crippen LogP contribution in [0.2, 0.25) is 0 Å². The van der Waals surface area contributed by atoms with Gasteiger partial charge in [0.15, 0.2) is 9.84 Å². The summed E-state index contributed by atoms with van der Waals surface area (Å²) in [6.07, 6.45) is 0.750. The molecule has 1 N–H and O–H groups in total. The van der Waals surface area contributed by atoms with Crippen molar-refractivity contribution >= 4 is 9.84 Å². The molecule has 5 heteroatoms. The Morgan fingerprint density at radius 1 is 1.19 bits per heavy atom. The summed E-state index contributed by atoms with van der Waals surface area (Å²) in [6.45, 7) is 6.97. The third-order valence-corrected chi connectivity index (χ3v) is 6.95. The van der Waals surface area contributed by atoms with Crippen LogP contribution in [-0.4, -0.2) is 50.0 Å². The first kappa shape index (κ1) is 15.0. The number of nitrogens with one attached hydrogen (secondary N) is 1. The second-order valence-electron chi connectivity index (χ2n) is 6.89. The van der Waals surface area contributed by atoms with Gasteiger partial charge in [0.25, 0.3) is 0 Å². The van der Waals surface area contributed by atoms with E-state index in [1.807, 2.05) is 6.07 Å². The quantitative estimate of drug-likeness (QED) is 0.897. The summed E-state index contributed by atoms with van der Waals surface area (Å²) in [5, 5.41) is 3.61. The van der Waals surface area contributed by atoms with Gasteiger partial charge in [-0.3, -0.25) is 4.90 Å². The van der Waals surface area contributed by atoms with Crippen LogP contribution >= 0.6 is 0 Å². The standard InChI is InChI=1S/C16H24N2O2S/c1-15(8-11-21(19,20)13-15)18-10-9-17-16(2,12-18)14-6-4-3-5-7-14/h3-7,17H,8-13H2,1-2H3. The van der Waals surface area contributed by atoms with Crippen LogP contribution in [0.4, 0.5) is 0 Å². The second kappa shape index (κ2) is 5.07. The maximum Gasteiger partial charge on any atom is 0.152 e. The lowest BCUT2D eigenvalue weighted by atomic mass is 9.86. The largest absolute Gasteiger partial charge is 0.305 e. The molecule has 116 valence electrons. The highest BCUT2D eigenvalue weighted by atomic mass is 32.2. The van der Waals surface area contributed by atoms with Crippen LogP contribution < -0.4 is 5.32 Å². The van der Waals surface area contributed by atoms with Crippen molar-refractivity contribution < 1.29 is 8.42 Å². The smallest absolute Gasteiger partial charge is 0.152 e. The highest BCUT2D eigenvalue weighted by molar-refractivity contribution is 7.91. The third kappa shape index (κ3) is 2.87. The molecule has 21 heavy (non-hydrogen) atoms. The maximum atomic E-state index is 11.9. The Labute approximate surface area is 127 Å². The average Bonchev–Trinajstić information content (AvgIpc) is 2.75. The SMILES string of the molecule is CC1(c2ccccc2)CN(C2(C)CCS(=O)(=O)C2)CCN1. The van der Waals surface area contributed by atoms with Gasteiger partial charge in [-0.25, -0.2) is 8.42 Å². The van der Waals surface area contributed by atoms with E-state index in [9.17, 15) is 8.42 Å². The molecule has 0 bridgehead atoms. The topological polar surface area (TPSA) is 49.4 Å². The lowest BCUT2D eigenvalue weighted by Gasteiger charge is -2.48. The molecule has 4 nitrogen and oxygen atoms in total. The molecule has 2 heterocycles. The van der Waals surface area contributed by atoms with Crippen molar-refractivity contribution in [2.24, 2.45) is 0 Å². The number of piperazine rings is 1. The molecule has 2 fully saturated rings. The van der Waals surface area contributed by atoms with E-state index in [0.29, 0.717) is 11.5 Å². The fraction of sp³-hybridized carbons (Fsp3) is 0.625. The van der Waals surface area contributed by atoms with Gasteiger partial charge >= 0.3 is 0 Å². The Morgan fingerprint density at radius 2 is 1.90 bits per heavy atom. The van der Waals surface area contributed by atoms with Gasteiger partial charge in [0.2, 0.25) is 0 Å². The molecule has 1 aromatic rings. The zero-order valence-corrected chi connectivity index (χ0v) is 13.6. The normalized spacial score (nSPS) is 36.7. The van der Waals surface area contributed by atoms with E-state index in [0.717, 1.165) is 26.1 Å². The van der Waals surface area contributed by atoms with Crippen molar-refractivity contribution in [2.75, 3.05) is 31.1 Å². The molecule has 2 aliphatic heterocycles. The monoisotopic (exact) mass is 308 g/mol. The van der Waals surface area contributed by atoms with Crippen LogP contribution in [0.1, 0.15) is 25.8 Å². The van der Waals surface area contributed by atoms with Crippen molar-refractivity contribution in [1.82, 2.24) is 10.2 Å². The van der Waals surface area contributed by atoms with Crippen LogP contribution in [0.5, 0.6) is 0 Å². The van der Waals surface area contributed by atoms with Gasteiger partial charge in [0.1, 0.15) is 0 Å². The lowest BCUT2D eigenvalue weighted by molar-refractivity contribution is 0.0545. The molecule has 0 aliphatic carbocycles. The molecule has 3 rings (SSSR count). The summed E-state index contributed by atoms with van der Waals surface area (Å²) in [5.74, 6) is 0.625. The zero-order chi connectivity index (χ0) is 15.1. The first-order chi connectivity index (χ1) is 9.83. The number of nitrogens with zero attached hydrogens (tertiary/aromatic N) is 1. The summed E-state index contributed by atoms with van der Waals surface area (Å²) < 4.78 is 23.8. The van der Waals surface area contributed by atoms with E-state index in [1.165, 1.54) is 5.56 Å². The number of benzene rings is 1. The molecule has 0 aromatic heterocycles. The summed E-state index contributed by atoms with van der Waals surface area (Å²) >= 11 is 0. The summed E-state index contributed by atoms with van der Waals surface area (Å²) in [7, 11) is -2.87. The minimum Gasteiger partial charge on any atom is -0.305 e. The highest BCUT2D eigenvalue weighted by Gasteiger charge is 2.46. The second-order valence-corrected chi connectivity index (χ2v) is 9.07. The van der Waals surface area contributed by atoms with E-state index >= 15 is 0 Å². The molecule has 2 atom stereocenters. The van der Waals surface area contributed by atoms with Crippen molar-refractivity contribution in [3.63, 3.8) is 0 Å². The predicted octanol–water partition coefficient (Wildman–Crippen LogP) is 1.38. The number of sulfone groups is 1. The first-order valence-electron chi connectivity index (χ1n) is 7.59. The fourth-order valence-corrected chi connectivity index (χ4v) is 5.86. The summed E-state index contributed by atoms with van der Waals surface area (Å²) in [4.78, 5) is 2.38. The number of hydrogen-bond donors (Lipinski definition) is 1. The van der Waals surface area contributed by atoms with E-state index < -0.39 is 9.84 Å². The fourth-order valence-electron chi connectivity index (χ4n) is 3.69. The Kier molecular flexibility index (Phi) is 3.62. The first-order valence-corrected chi connectivity index (χ1v) is 9.41. The zero-order valence-electron chi connectivity index (χ0n) is 12.8. The predicted molar refractivity (Wildman–Crippen MR) is 85.0 cm³/mol. The number of rotatable bonds is 2. The lowest BCUT2D eigenvalue weighted by Crippen LogP contribution is -2.62. The van der Waals surface area contributed by atoms with E-state index in [1.54, 1.807) is 0 Å².